The van der Waals surface area contributed by atoms with Crippen LogP contribution in [0.4, 0.5) is 0 Å². The van der Waals surface area contributed by atoms with Crippen LogP contribution in [0.3, 0.4) is 0 Å². The van der Waals surface area contributed by atoms with E-state index in [1.165, 1.54) is 21.3 Å². The molecule has 2 heterocycles. The lowest BCUT2D eigenvalue weighted by molar-refractivity contribution is -0.126. The van der Waals surface area contributed by atoms with E-state index >= 15 is 0 Å². The fraction of sp³-hybridized carbons (Fsp3) is 0.389. The highest BCUT2D eigenvalue weighted by molar-refractivity contribution is 7.89. The zero-order valence-electron chi connectivity index (χ0n) is 14.2. The Morgan fingerprint density at radius 1 is 1.19 bits per heavy atom. The number of piperidine rings is 1. The van der Waals surface area contributed by atoms with Gasteiger partial charge in [0.05, 0.1) is 4.90 Å². The largest absolute Gasteiger partial charge is 0.355 e. The van der Waals surface area contributed by atoms with Crippen molar-refractivity contribution < 1.29 is 13.2 Å². The van der Waals surface area contributed by atoms with E-state index in [1.54, 1.807) is 23.5 Å². The van der Waals surface area contributed by atoms with E-state index < -0.39 is 10.0 Å². The van der Waals surface area contributed by atoms with Crippen LogP contribution in [0, 0.1) is 5.92 Å². The van der Waals surface area contributed by atoms with E-state index in [0.717, 1.165) is 6.42 Å². The molecule has 0 aliphatic carbocycles. The Labute approximate surface area is 163 Å². The maximum atomic E-state index is 12.7. The van der Waals surface area contributed by atoms with Gasteiger partial charge in [0.2, 0.25) is 15.9 Å². The maximum Gasteiger partial charge on any atom is 0.243 e. The second kappa shape index (κ2) is 8.52. The highest BCUT2D eigenvalue weighted by atomic mass is 35.5. The molecule has 8 heteroatoms. The summed E-state index contributed by atoms with van der Waals surface area (Å²) in [5, 5.41) is 5.49. The third kappa shape index (κ3) is 4.65. The average molecular weight is 413 g/mol. The molecule has 1 amide bonds. The molecule has 26 heavy (non-hydrogen) atoms. The fourth-order valence-electron chi connectivity index (χ4n) is 3.02. The molecule has 0 atom stereocenters. The van der Waals surface area contributed by atoms with Gasteiger partial charge in [-0.25, -0.2) is 8.42 Å². The van der Waals surface area contributed by atoms with Crippen LogP contribution in [-0.4, -0.2) is 38.3 Å². The standard InChI is InChI=1S/C18H21ClN2O3S2/c19-15-3-5-17(6-4-15)26(23,24)21-11-8-14(9-12-21)18(22)20-10-7-16-2-1-13-25-16/h1-6,13-14H,7-12H2,(H,20,22). The number of nitrogens with one attached hydrogen (secondary N) is 1. The molecule has 1 N–H and O–H groups in total. The zero-order valence-corrected chi connectivity index (χ0v) is 16.6. The zero-order chi connectivity index (χ0) is 18.6. The minimum Gasteiger partial charge on any atom is -0.355 e. The van der Waals surface area contributed by atoms with Crippen LogP contribution >= 0.6 is 22.9 Å². The first-order valence-corrected chi connectivity index (χ1v) is 11.2. The van der Waals surface area contributed by atoms with Crippen molar-refractivity contribution in [3.8, 4) is 0 Å². The van der Waals surface area contributed by atoms with Gasteiger partial charge in [0.25, 0.3) is 0 Å². The Balaban J connectivity index is 1.50. The number of amides is 1. The average Bonchev–Trinajstić information content (AvgIpc) is 3.15. The normalized spacial score (nSPS) is 16.5. The van der Waals surface area contributed by atoms with Crippen LogP contribution in [0.2, 0.25) is 5.02 Å². The first kappa shape index (κ1) is 19.4. The lowest BCUT2D eigenvalue weighted by atomic mass is 9.97. The number of halogens is 1. The van der Waals surface area contributed by atoms with Crippen LogP contribution in [-0.2, 0) is 21.2 Å². The second-order valence-corrected chi connectivity index (χ2v) is 9.66. The number of nitrogens with zero attached hydrogens (tertiary/aromatic N) is 1. The first-order chi connectivity index (χ1) is 12.5. The van der Waals surface area contributed by atoms with Crippen molar-refractivity contribution in [1.29, 1.82) is 0 Å². The number of thiophene rings is 1. The molecule has 1 fully saturated rings. The highest BCUT2D eigenvalue weighted by Crippen LogP contribution is 2.24. The van der Waals surface area contributed by atoms with E-state index in [2.05, 4.69) is 11.4 Å². The van der Waals surface area contributed by atoms with Gasteiger partial charge in [-0.2, -0.15) is 4.31 Å². The summed E-state index contributed by atoms with van der Waals surface area (Å²) in [4.78, 5) is 13.8. The molecule has 1 aliphatic heterocycles. The van der Waals surface area contributed by atoms with Crippen LogP contribution < -0.4 is 5.32 Å². The van der Waals surface area contributed by atoms with E-state index in [1.807, 2.05) is 11.4 Å². The Bertz CT molecular complexity index is 828. The summed E-state index contributed by atoms with van der Waals surface area (Å²) in [6.45, 7) is 1.32. The van der Waals surface area contributed by atoms with Gasteiger partial charge in [-0.3, -0.25) is 4.79 Å². The predicted octanol–water partition coefficient (Wildman–Crippen LogP) is 3.16. The number of rotatable bonds is 6. The predicted molar refractivity (Wildman–Crippen MR) is 104 cm³/mol. The second-order valence-electron chi connectivity index (χ2n) is 6.25. The van der Waals surface area contributed by atoms with Crippen LogP contribution in [0.5, 0.6) is 0 Å². The van der Waals surface area contributed by atoms with Crippen molar-refractivity contribution in [3.05, 3.63) is 51.7 Å². The first-order valence-electron chi connectivity index (χ1n) is 8.52. The van der Waals surface area contributed by atoms with Crippen molar-refractivity contribution in [3.63, 3.8) is 0 Å². The highest BCUT2D eigenvalue weighted by Gasteiger charge is 2.31. The third-order valence-electron chi connectivity index (χ3n) is 4.53. The van der Waals surface area contributed by atoms with Crippen molar-refractivity contribution in [2.24, 2.45) is 5.92 Å². The molecule has 0 saturated carbocycles. The Kier molecular flexibility index (Phi) is 6.34. The fourth-order valence-corrected chi connectivity index (χ4v) is 5.33. The van der Waals surface area contributed by atoms with Crippen LogP contribution in [0.25, 0.3) is 0 Å². The van der Waals surface area contributed by atoms with Crippen molar-refractivity contribution >= 4 is 38.9 Å². The van der Waals surface area contributed by atoms with Crippen molar-refractivity contribution in [1.82, 2.24) is 9.62 Å². The third-order valence-corrected chi connectivity index (χ3v) is 7.63. The number of hydrogen-bond acceptors (Lipinski definition) is 4. The molecule has 1 aliphatic rings. The lowest BCUT2D eigenvalue weighted by Gasteiger charge is -2.30. The summed E-state index contributed by atoms with van der Waals surface area (Å²) >= 11 is 7.50. The molecular weight excluding hydrogens is 392 g/mol. The summed E-state index contributed by atoms with van der Waals surface area (Å²) in [7, 11) is -3.53. The Morgan fingerprint density at radius 3 is 2.50 bits per heavy atom. The lowest BCUT2D eigenvalue weighted by Crippen LogP contribution is -2.43. The Morgan fingerprint density at radius 2 is 1.88 bits per heavy atom. The molecule has 3 rings (SSSR count). The summed E-state index contributed by atoms with van der Waals surface area (Å²) < 4.78 is 26.8. The summed E-state index contributed by atoms with van der Waals surface area (Å²) in [5.74, 6) is -0.111. The number of sulfonamides is 1. The van der Waals surface area contributed by atoms with Crippen molar-refractivity contribution in [2.75, 3.05) is 19.6 Å². The van der Waals surface area contributed by atoms with E-state index in [-0.39, 0.29) is 16.7 Å². The van der Waals surface area contributed by atoms with Crippen LogP contribution in [0.15, 0.2) is 46.7 Å². The molecule has 0 radical (unpaired) electrons. The van der Waals surface area contributed by atoms with Gasteiger partial charge in [-0.15, -0.1) is 11.3 Å². The van der Waals surface area contributed by atoms with E-state index in [0.29, 0.717) is 37.5 Å². The molecule has 5 nitrogen and oxygen atoms in total. The molecule has 1 saturated heterocycles. The van der Waals surface area contributed by atoms with Gasteiger partial charge in [-0.1, -0.05) is 17.7 Å². The molecule has 0 bridgehead atoms. The molecular formula is C18H21ClN2O3S2. The molecule has 2 aromatic rings. The van der Waals surface area contributed by atoms with Gasteiger partial charge >= 0.3 is 0 Å². The Hall–Kier alpha value is -1.41. The molecule has 0 spiro atoms. The number of hydrogen-bond donors (Lipinski definition) is 1. The minimum absolute atomic E-state index is 0.0186. The molecule has 140 valence electrons. The molecule has 1 aromatic carbocycles. The quantitative estimate of drug-likeness (QED) is 0.792. The molecule has 0 unspecified atom stereocenters. The van der Waals surface area contributed by atoms with E-state index in [4.69, 9.17) is 11.6 Å². The molecule has 1 aromatic heterocycles. The SMILES string of the molecule is O=C(NCCc1cccs1)C1CCN(S(=O)(=O)c2ccc(Cl)cc2)CC1. The van der Waals surface area contributed by atoms with Gasteiger partial charge in [0.1, 0.15) is 0 Å². The van der Waals surface area contributed by atoms with Crippen molar-refractivity contribution in [2.45, 2.75) is 24.2 Å². The summed E-state index contributed by atoms with van der Waals surface area (Å²) in [6, 6.07) is 10.2. The van der Waals surface area contributed by atoms with E-state index in [9.17, 15) is 13.2 Å². The van der Waals surface area contributed by atoms with Gasteiger partial charge in [0.15, 0.2) is 0 Å². The van der Waals surface area contributed by atoms with Crippen LogP contribution in [0.1, 0.15) is 17.7 Å². The number of carbonyl (C=O) groups excluding carboxylic acids is 1. The van der Waals surface area contributed by atoms with Gasteiger partial charge in [-0.05, 0) is 55.0 Å². The topological polar surface area (TPSA) is 66.5 Å². The smallest absolute Gasteiger partial charge is 0.243 e. The summed E-state index contributed by atoms with van der Waals surface area (Å²) in [6.07, 6.45) is 1.91. The van der Waals surface area contributed by atoms with Gasteiger partial charge in [0, 0.05) is 35.5 Å². The summed E-state index contributed by atoms with van der Waals surface area (Å²) in [5.41, 5.74) is 0. The van der Waals surface area contributed by atoms with Gasteiger partial charge < -0.3 is 5.32 Å². The maximum absolute atomic E-state index is 12.7. The monoisotopic (exact) mass is 412 g/mol. The number of carbonyl (C=O) groups is 1. The minimum atomic E-state index is -3.53. The number of benzene rings is 1.